The lowest BCUT2D eigenvalue weighted by Crippen LogP contribution is -2.22. The molecule has 0 fully saturated rings. The van der Waals surface area contributed by atoms with Crippen LogP contribution in [0.2, 0.25) is 0 Å². The molecule has 0 aliphatic carbocycles. The maximum Gasteiger partial charge on any atom is 0.237 e. The van der Waals surface area contributed by atoms with E-state index < -0.39 is 0 Å². The van der Waals surface area contributed by atoms with Crippen LogP contribution in [-0.2, 0) is 4.79 Å². The number of fused-ring (bicyclic) bond motifs is 1. The first-order chi connectivity index (χ1) is 12.4. The van der Waals surface area contributed by atoms with Crippen molar-refractivity contribution in [2.24, 2.45) is 0 Å². The van der Waals surface area contributed by atoms with Crippen molar-refractivity contribution in [3.05, 3.63) is 40.5 Å². The summed E-state index contributed by atoms with van der Waals surface area (Å²) in [4.78, 5) is 24.0. The second-order valence-corrected chi connectivity index (χ2v) is 8.52. The maximum absolute atomic E-state index is 12.7. The molecular weight excluding hydrogens is 366 g/mol. The lowest BCUT2D eigenvalue weighted by molar-refractivity contribution is -0.115. The Bertz CT molecular complexity index is 969. The van der Waals surface area contributed by atoms with Gasteiger partial charge in [-0.05, 0) is 45.4 Å². The molecule has 0 radical (unpaired) electrons. The molecule has 0 spiro atoms. The average Bonchev–Trinajstić information content (AvgIpc) is 2.89. The van der Waals surface area contributed by atoms with Crippen LogP contribution >= 0.6 is 23.1 Å². The van der Waals surface area contributed by atoms with Crippen molar-refractivity contribution < 1.29 is 9.53 Å². The van der Waals surface area contributed by atoms with Crippen molar-refractivity contribution >= 4 is 44.9 Å². The largest absolute Gasteiger partial charge is 0.495 e. The van der Waals surface area contributed by atoms with Gasteiger partial charge in [-0.15, -0.1) is 11.3 Å². The van der Waals surface area contributed by atoms with Crippen LogP contribution in [0, 0.1) is 20.8 Å². The van der Waals surface area contributed by atoms with Gasteiger partial charge in [-0.3, -0.25) is 4.79 Å². The summed E-state index contributed by atoms with van der Waals surface area (Å²) in [5, 5.41) is 4.54. The molecule has 3 rings (SSSR count). The quantitative estimate of drug-likeness (QED) is 0.506. The van der Waals surface area contributed by atoms with E-state index in [0.717, 1.165) is 21.1 Å². The van der Waals surface area contributed by atoms with E-state index in [4.69, 9.17) is 4.74 Å². The highest BCUT2D eigenvalue weighted by molar-refractivity contribution is 8.00. The molecule has 2 heterocycles. The van der Waals surface area contributed by atoms with Crippen LogP contribution in [-0.4, -0.2) is 28.2 Å². The first kappa shape index (κ1) is 18.7. The van der Waals surface area contributed by atoms with Gasteiger partial charge in [-0.25, -0.2) is 9.97 Å². The van der Waals surface area contributed by atoms with E-state index in [1.54, 1.807) is 18.4 Å². The Labute approximate surface area is 161 Å². The fraction of sp³-hybridized carbons (Fsp3) is 0.316. The Hall–Kier alpha value is -2.12. The second kappa shape index (κ2) is 7.63. The minimum Gasteiger partial charge on any atom is -0.495 e. The summed E-state index contributed by atoms with van der Waals surface area (Å²) in [5.74, 6) is 1.27. The minimum atomic E-state index is -0.308. The standard InChI is InChI=1S/C19H21N3O2S2/c1-10-11(2)25-18-16(10)19(21-13(4)20-18)26-12(3)17(23)22-14-8-6-7-9-15(14)24-5/h6-9,12H,1-5H3,(H,22,23)/t12-/m1/s1. The monoisotopic (exact) mass is 387 g/mol. The Kier molecular flexibility index (Phi) is 5.48. The summed E-state index contributed by atoms with van der Waals surface area (Å²) < 4.78 is 5.30. The number of hydrogen-bond donors (Lipinski definition) is 1. The molecule has 7 heteroatoms. The summed E-state index contributed by atoms with van der Waals surface area (Å²) in [6.07, 6.45) is 0. The second-order valence-electron chi connectivity index (χ2n) is 5.99. The van der Waals surface area contributed by atoms with Gasteiger partial charge in [0.15, 0.2) is 0 Å². The number of thiophene rings is 1. The average molecular weight is 388 g/mol. The molecule has 2 aromatic heterocycles. The van der Waals surface area contributed by atoms with E-state index in [2.05, 4.69) is 29.1 Å². The molecule has 3 aromatic rings. The summed E-state index contributed by atoms with van der Waals surface area (Å²) >= 11 is 3.13. The van der Waals surface area contributed by atoms with Crippen LogP contribution in [0.25, 0.3) is 10.2 Å². The number of carbonyl (C=O) groups excluding carboxylic acids is 1. The van der Waals surface area contributed by atoms with Crippen molar-refractivity contribution in [2.75, 3.05) is 12.4 Å². The fourth-order valence-corrected chi connectivity index (χ4v) is 4.80. The van der Waals surface area contributed by atoms with Crippen LogP contribution in [0.5, 0.6) is 5.75 Å². The molecule has 0 aliphatic heterocycles. The van der Waals surface area contributed by atoms with E-state index in [1.807, 2.05) is 38.1 Å². The topological polar surface area (TPSA) is 64.1 Å². The summed E-state index contributed by atoms with van der Waals surface area (Å²) in [5.41, 5.74) is 1.85. The van der Waals surface area contributed by atoms with Crippen molar-refractivity contribution in [3.63, 3.8) is 0 Å². The third kappa shape index (κ3) is 3.68. The highest BCUT2D eigenvalue weighted by Crippen LogP contribution is 2.37. The first-order valence-electron chi connectivity index (χ1n) is 8.25. The maximum atomic E-state index is 12.7. The number of carbonyl (C=O) groups is 1. The summed E-state index contributed by atoms with van der Waals surface area (Å²) in [7, 11) is 1.59. The molecule has 0 aliphatic rings. The molecule has 1 aromatic carbocycles. The van der Waals surface area contributed by atoms with E-state index in [-0.39, 0.29) is 11.2 Å². The van der Waals surface area contributed by atoms with Crippen molar-refractivity contribution in [1.82, 2.24) is 9.97 Å². The van der Waals surface area contributed by atoms with Gasteiger partial charge in [0.25, 0.3) is 0 Å². The summed E-state index contributed by atoms with van der Waals surface area (Å²) in [6.45, 7) is 7.93. The zero-order chi connectivity index (χ0) is 18.8. The zero-order valence-corrected chi connectivity index (χ0v) is 17.0. The number of nitrogens with one attached hydrogen (secondary N) is 1. The number of benzene rings is 1. The van der Waals surface area contributed by atoms with Gasteiger partial charge < -0.3 is 10.1 Å². The normalized spacial score (nSPS) is 12.2. The highest BCUT2D eigenvalue weighted by atomic mass is 32.2. The molecule has 0 saturated heterocycles. The molecule has 1 atom stereocenters. The molecule has 1 amide bonds. The number of ether oxygens (including phenoxy) is 1. The Morgan fingerprint density at radius 1 is 1.23 bits per heavy atom. The smallest absolute Gasteiger partial charge is 0.237 e. The van der Waals surface area contributed by atoms with E-state index in [9.17, 15) is 4.79 Å². The number of nitrogens with zero attached hydrogens (tertiary/aromatic N) is 2. The third-order valence-corrected chi connectivity index (χ3v) is 6.32. The number of aromatic nitrogens is 2. The molecule has 5 nitrogen and oxygen atoms in total. The van der Waals surface area contributed by atoms with Crippen LogP contribution < -0.4 is 10.1 Å². The van der Waals surface area contributed by atoms with Crippen LogP contribution in [0.1, 0.15) is 23.2 Å². The molecule has 1 N–H and O–H groups in total. The van der Waals surface area contributed by atoms with Gasteiger partial charge in [-0.2, -0.15) is 0 Å². The first-order valence-corrected chi connectivity index (χ1v) is 9.95. The lowest BCUT2D eigenvalue weighted by Gasteiger charge is -2.14. The molecular formula is C19H21N3O2S2. The van der Waals surface area contributed by atoms with Gasteiger partial charge in [0, 0.05) is 10.3 Å². The Morgan fingerprint density at radius 3 is 2.69 bits per heavy atom. The Morgan fingerprint density at radius 2 is 1.96 bits per heavy atom. The fourth-order valence-electron chi connectivity index (χ4n) is 2.60. The van der Waals surface area contributed by atoms with Gasteiger partial charge >= 0.3 is 0 Å². The predicted molar refractivity (Wildman–Crippen MR) is 109 cm³/mol. The van der Waals surface area contributed by atoms with Crippen LogP contribution in [0.3, 0.4) is 0 Å². The number of thioether (sulfide) groups is 1. The zero-order valence-electron chi connectivity index (χ0n) is 15.4. The number of rotatable bonds is 5. The van der Waals surface area contributed by atoms with Crippen molar-refractivity contribution in [1.29, 1.82) is 0 Å². The number of amides is 1. The number of anilines is 1. The number of aryl methyl sites for hydroxylation is 3. The molecule has 0 saturated carbocycles. The molecule has 136 valence electrons. The molecule has 0 bridgehead atoms. The minimum absolute atomic E-state index is 0.0893. The van der Waals surface area contributed by atoms with Crippen molar-refractivity contribution in [3.8, 4) is 5.75 Å². The van der Waals surface area contributed by atoms with Gasteiger partial charge in [-0.1, -0.05) is 23.9 Å². The van der Waals surface area contributed by atoms with E-state index >= 15 is 0 Å². The van der Waals surface area contributed by atoms with Gasteiger partial charge in [0.1, 0.15) is 21.4 Å². The summed E-state index contributed by atoms with van der Waals surface area (Å²) in [6, 6.07) is 7.38. The number of hydrogen-bond acceptors (Lipinski definition) is 6. The van der Waals surface area contributed by atoms with E-state index in [0.29, 0.717) is 11.4 Å². The van der Waals surface area contributed by atoms with E-state index in [1.165, 1.54) is 22.2 Å². The van der Waals surface area contributed by atoms with Gasteiger partial charge in [0.05, 0.1) is 18.0 Å². The number of methoxy groups -OCH3 is 1. The molecule has 0 unspecified atom stereocenters. The molecule has 26 heavy (non-hydrogen) atoms. The van der Waals surface area contributed by atoms with Crippen LogP contribution in [0.4, 0.5) is 5.69 Å². The SMILES string of the molecule is COc1ccccc1NC(=O)[C@@H](C)Sc1nc(C)nc2sc(C)c(C)c12. The predicted octanol–water partition coefficient (Wildman–Crippen LogP) is 4.74. The number of para-hydroxylation sites is 2. The third-order valence-electron chi connectivity index (χ3n) is 4.13. The van der Waals surface area contributed by atoms with Crippen LogP contribution in [0.15, 0.2) is 29.3 Å². The Balaban J connectivity index is 1.84. The van der Waals surface area contributed by atoms with Crippen molar-refractivity contribution in [2.45, 2.75) is 38.0 Å². The highest BCUT2D eigenvalue weighted by Gasteiger charge is 2.21. The lowest BCUT2D eigenvalue weighted by atomic mass is 10.2. The van der Waals surface area contributed by atoms with Gasteiger partial charge in [0.2, 0.25) is 5.91 Å².